The molecular formula is C12H12O4. The monoisotopic (exact) mass is 220 g/mol. The van der Waals surface area contributed by atoms with Crippen LogP contribution < -0.4 is 0 Å². The van der Waals surface area contributed by atoms with Crippen molar-refractivity contribution in [2.45, 2.75) is 19.4 Å². The van der Waals surface area contributed by atoms with E-state index in [2.05, 4.69) is 6.58 Å². The van der Waals surface area contributed by atoms with E-state index in [-0.39, 0.29) is 0 Å². The molecule has 0 bridgehead atoms. The Labute approximate surface area is 93.4 Å². The van der Waals surface area contributed by atoms with E-state index in [0.717, 1.165) is 11.1 Å². The zero-order valence-electron chi connectivity index (χ0n) is 8.77. The maximum Gasteiger partial charge on any atom is 0.461 e. The molecule has 1 fully saturated rings. The summed E-state index contributed by atoms with van der Waals surface area (Å²) in [6, 6.07) is 7.94. The van der Waals surface area contributed by atoms with Crippen LogP contribution in [0.5, 0.6) is 0 Å². The summed E-state index contributed by atoms with van der Waals surface area (Å²) in [6.45, 7) is 4.79. The topological polar surface area (TPSA) is 36.9 Å². The van der Waals surface area contributed by atoms with E-state index in [9.17, 15) is 0 Å². The second kappa shape index (κ2) is 3.59. The summed E-state index contributed by atoms with van der Waals surface area (Å²) >= 11 is 0. The molecule has 84 valence electrons. The lowest BCUT2D eigenvalue weighted by molar-refractivity contribution is -0.463. The van der Waals surface area contributed by atoms with Gasteiger partial charge in [0, 0.05) is 0 Å². The lowest BCUT2D eigenvalue weighted by Crippen LogP contribution is -2.35. The molecular weight excluding hydrogens is 208 g/mol. The van der Waals surface area contributed by atoms with Gasteiger partial charge in [-0.3, -0.25) is 14.2 Å². The summed E-state index contributed by atoms with van der Waals surface area (Å²) in [4.78, 5) is 0. The van der Waals surface area contributed by atoms with E-state index in [1.54, 1.807) is 0 Å². The maximum absolute atomic E-state index is 5.52. The maximum atomic E-state index is 5.52. The molecule has 0 amide bonds. The second-order valence-corrected chi connectivity index (χ2v) is 3.78. The van der Waals surface area contributed by atoms with Crippen molar-refractivity contribution in [2.24, 2.45) is 0 Å². The molecule has 1 aromatic carbocycles. The smallest absolute Gasteiger partial charge is 0.419 e. The summed E-state index contributed by atoms with van der Waals surface area (Å²) < 4.78 is 21.7. The molecule has 0 aromatic heterocycles. The van der Waals surface area contributed by atoms with Gasteiger partial charge in [-0.2, -0.15) is 0 Å². The van der Waals surface area contributed by atoms with Crippen LogP contribution in [0.2, 0.25) is 0 Å². The van der Waals surface area contributed by atoms with Gasteiger partial charge in [-0.1, -0.05) is 30.8 Å². The zero-order valence-corrected chi connectivity index (χ0v) is 8.77. The van der Waals surface area contributed by atoms with Crippen LogP contribution in [0.4, 0.5) is 0 Å². The molecule has 0 atom stereocenters. The van der Waals surface area contributed by atoms with Crippen LogP contribution in [0, 0.1) is 0 Å². The Morgan fingerprint density at radius 1 is 0.938 bits per heavy atom. The molecule has 16 heavy (non-hydrogen) atoms. The summed E-state index contributed by atoms with van der Waals surface area (Å²) in [5.41, 5.74) is 2.17. The van der Waals surface area contributed by atoms with Gasteiger partial charge in [-0.15, -0.1) is 0 Å². The molecule has 1 spiro atoms. The Morgan fingerprint density at radius 3 is 2.00 bits per heavy atom. The predicted molar refractivity (Wildman–Crippen MR) is 54.9 cm³/mol. The Bertz CT molecular complexity index is 400. The Balaban J connectivity index is 1.85. The normalized spacial score (nSPS) is 22.6. The predicted octanol–water partition coefficient (Wildman–Crippen LogP) is 1.91. The van der Waals surface area contributed by atoms with E-state index < -0.39 is 6.16 Å². The Kier molecular flexibility index (Phi) is 2.21. The van der Waals surface area contributed by atoms with Crippen molar-refractivity contribution in [1.29, 1.82) is 0 Å². The van der Waals surface area contributed by atoms with Gasteiger partial charge in [0.05, 0.1) is 13.2 Å². The summed E-state index contributed by atoms with van der Waals surface area (Å²) in [7, 11) is 0. The highest BCUT2D eigenvalue weighted by Gasteiger charge is 2.44. The van der Waals surface area contributed by atoms with Gasteiger partial charge in [-0.05, 0) is 11.1 Å². The van der Waals surface area contributed by atoms with Gasteiger partial charge in [-0.25, -0.2) is 0 Å². The fourth-order valence-electron chi connectivity index (χ4n) is 1.76. The average Bonchev–Trinajstić information content (AvgIpc) is 2.56. The summed E-state index contributed by atoms with van der Waals surface area (Å²) in [6.07, 6.45) is -1.39. The number of rotatable bonds is 0. The van der Waals surface area contributed by atoms with Crippen LogP contribution in [0.1, 0.15) is 11.1 Å². The molecule has 3 rings (SSSR count). The molecule has 0 radical (unpaired) electrons. The molecule has 2 aliphatic heterocycles. The number of fused-ring (bicyclic) bond motifs is 1. The quantitative estimate of drug-likeness (QED) is 0.669. The van der Waals surface area contributed by atoms with Gasteiger partial charge >= 0.3 is 6.16 Å². The van der Waals surface area contributed by atoms with Crippen LogP contribution >= 0.6 is 0 Å². The van der Waals surface area contributed by atoms with Gasteiger partial charge in [0.25, 0.3) is 0 Å². The highest BCUT2D eigenvalue weighted by Crippen LogP contribution is 2.33. The highest BCUT2D eigenvalue weighted by atomic mass is 17.0. The van der Waals surface area contributed by atoms with Crippen molar-refractivity contribution < 1.29 is 18.9 Å². The number of hydrogen-bond donors (Lipinski definition) is 0. The first-order valence-electron chi connectivity index (χ1n) is 5.13. The van der Waals surface area contributed by atoms with E-state index in [4.69, 9.17) is 18.9 Å². The van der Waals surface area contributed by atoms with E-state index >= 15 is 0 Å². The molecule has 1 saturated heterocycles. The summed E-state index contributed by atoms with van der Waals surface area (Å²) in [5, 5.41) is 0. The number of benzene rings is 1. The zero-order chi connectivity index (χ0) is 11.0. The van der Waals surface area contributed by atoms with Crippen molar-refractivity contribution in [3.05, 3.63) is 47.7 Å². The largest absolute Gasteiger partial charge is 0.461 e. The molecule has 0 N–H and O–H groups in total. The van der Waals surface area contributed by atoms with Gasteiger partial charge < -0.3 is 4.74 Å². The lowest BCUT2D eigenvalue weighted by atomic mass is 10.1. The van der Waals surface area contributed by atoms with Crippen LogP contribution in [-0.4, -0.2) is 12.8 Å². The molecule has 0 saturated carbocycles. The molecule has 0 aliphatic carbocycles. The van der Waals surface area contributed by atoms with E-state index in [0.29, 0.717) is 25.6 Å². The molecule has 4 heteroatoms. The fraction of sp³-hybridized carbons (Fsp3) is 0.333. The van der Waals surface area contributed by atoms with Crippen molar-refractivity contribution in [1.82, 2.24) is 0 Å². The van der Waals surface area contributed by atoms with Gasteiger partial charge in [0.15, 0.2) is 0 Å². The first-order valence-corrected chi connectivity index (χ1v) is 5.13. The van der Waals surface area contributed by atoms with Crippen molar-refractivity contribution in [3.8, 4) is 0 Å². The van der Waals surface area contributed by atoms with Crippen LogP contribution in [0.3, 0.4) is 0 Å². The minimum atomic E-state index is -1.39. The van der Waals surface area contributed by atoms with Crippen LogP contribution in [0.15, 0.2) is 36.6 Å². The van der Waals surface area contributed by atoms with Crippen molar-refractivity contribution in [2.75, 3.05) is 6.61 Å². The minimum absolute atomic E-state index is 0.302. The van der Waals surface area contributed by atoms with Crippen molar-refractivity contribution in [3.63, 3.8) is 0 Å². The first kappa shape index (κ1) is 9.84. The third kappa shape index (κ3) is 1.61. The lowest BCUT2D eigenvalue weighted by Gasteiger charge is -2.23. The molecule has 4 nitrogen and oxygen atoms in total. The average molecular weight is 220 g/mol. The SMILES string of the molecule is C=C1COC2(OCc3ccccc3CO2)O1. The first-order chi connectivity index (χ1) is 7.77. The minimum Gasteiger partial charge on any atom is -0.419 e. The van der Waals surface area contributed by atoms with Crippen molar-refractivity contribution >= 4 is 0 Å². The van der Waals surface area contributed by atoms with Gasteiger partial charge in [0.1, 0.15) is 12.4 Å². The molecule has 2 aliphatic rings. The third-order valence-corrected chi connectivity index (χ3v) is 2.61. The third-order valence-electron chi connectivity index (χ3n) is 2.61. The standard InChI is InChI=1S/C12H12O4/c1-9-6-13-12(16-9)14-7-10-4-2-3-5-11(10)8-15-12/h2-5H,1,6-8H2. The fourth-order valence-corrected chi connectivity index (χ4v) is 1.76. The molecule has 2 heterocycles. The van der Waals surface area contributed by atoms with Gasteiger partial charge in [0.2, 0.25) is 0 Å². The highest BCUT2D eigenvalue weighted by molar-refractivity contribution is 5.26. The molecule has 0 unspecified atom stereocenters. The Hall–Kier alpha value is -1.36. The second-order valence-electron chi connectivity index (χ2n) is 3.78. The Morgan fingerprint density at radius 2 is 1.50 bits per heavy atom. The van der Waals surface area contributed by atoms with Crippen LogP contribution in [-0.2, 0) is 32.2 Å². The number of ether oxygens (including phenoxy) is 4. The van der Waals surface area contributed by atoms with E-state index in [1.807, 2.05) is 24.3 Å². The van der Waals surface area contributed by atoms with E-state index in [1.165, 1.54) is 0 Å². The number of hydrogen-bond acceptors (Lipinski definition) is 4. The van der Waals surface area contributed by atoms with Crippen LogP contribution in [0.25, 0.3) is 0 Å². The summed E-state index contributed by atoms with van der Waals surface area (Å²) in [5.74, 6) is 0.519. The molecule has 1 aromatic rings.